The number of carbonyl (C=O) groups is 1. The van der Waals surface area contributed by atoms with Crippen LogP contribution in [0.15, 0.2) is 54.6 Å². The third-order valence-corrected chi connectivity index (χ3v) is 3.37. The summed E-state index contributed by atoms with van der Waals surface area (Å²) in [7, 11) is 0. The van der Waals surface area contributed by atoms with Crippen molar-refractivity contribution in [3.8, 4) is 5.75 Å². The average molecular weight is 342 g/mol. The molecule has 24 heavy (non-hydrogen) atoms. The van der Waals surface area contributed by atoms with Crippen molar-refractivity contribution < 1.29 is 9.53 Å². The maximum atomic E-state index is 12.0. The van der Waals surface area contributed by atoms with Gasteiger partial charge < -0.3 is 15.4 Å². The van der Waals surface area contributed by atoms with Crippen molar-refractivity contribution in [2.24, 2.45) is 5.92 Å². The molecule has 0 atom stereocenters. The number of anilines is 1. The van der Waals surface area contributed by atoms with E-state index in [0.717, 1.165) is 11.3 Å². The largest absolute Gasteiger partial charge is 0.491 e. The van der Waals surface area contributed by atoms with Gasteiger partial charge >= 0.3 is 0 Å². The second kappa shape index (κ2) is 9.03. The van der Waals surface area contributed by atoms with Crippen LogP contribution in [0, 0.1) is 5.92 Å². The Morgan fingerprint density at radius 2 is 1.75 bits per heavy atom. The van der Waals surface area contributed by atoms with E-state index in [2.05, 4.69) is 24.5 Å². The molecular weight excluding hydrogens is 320 g/mol. The molecule has 5 heteroatoms. The van der Waals surface area contributed by atoms with Crippen molar-refractivity contribution in [2.45, 2.75) is 20.3 Å². The molecule has 0 aliphatic heterocycles. The Kier molecular flexibility index (Phi) is 6.75. The van der Waals surface area contributed by atoms with E-state index in [9.17, 15) is 4.79 Å². The standard InChI is InChI=1S/C19H22N2O2S/c1-14(2)13-23-17-11-7-6-10-16(17)20-19(24)21-18(22)12-15-8-4-3-5-9-15/h3-11,14H,12-13H2,1-2H3,(H2,20,21,22,24). The lowest BCUT2D eigenvalue weighted by atomic mass is 10.1. The number of ether oxygens (including phenoxy) is 1. The molecule has 2 aromatic carbocycles. The molecular formula is C19H22N2O2S. The van der Waals surface area contributed by atoms with Crippen molar-refractivity contribution in [3.63, 3.8) is 0 Å². The Hall–Kier alpha value is -2.40. The van der Waals surface area contributed by atoms with Crippen LogP contribution in [0.2, 0.25) is 0 Å². The van der Waals surface area contributed by atoms with Gasteiger partial charge in [-0.15, -0.1) is 0 Å². The van der Waals surface area contributed by atoms with E-state index < -0.39 is 0 Å². The van der Waals surface area contributed by atoms with E-state index in [1.54, 1.807) is 0 Å². The van der Waals surface area contributed by atoms with Gasteiger partial charge in [-0.2, -0.15) is 0 Å². The topological polar surface area (TPSA) is 50.4 Å². The van der Waals surface area contributed by atoms with Crippen LogP contribution in [0.5, 0.6) is 5.75 Å². The number of thiocarbonyl (C=S) groups is 1. The van der Waals surface area contributed by atoms with E-state index in [0.29, 0.717) is 18.3 Å². The van der Waals surface area contributed by atoms with Gasteiger partial charge in [0.15, 0.2) is 5.11 Å². The third kappa shape index (κ3) is 6.01. The summed E-state index contributed by atoms with van der Waals surface area (Å²) < 4.78 is 5.77. The smallest absolute Gasteiger partial charge is 0.230 e. The van der Waals surface area contributed by atoms with Gasteiger partial charge in [-0.3, -0.25) is 4.79 Å². The maximum absolute atomic E-state index is 12.0. The second-order valence-corrected chi connectivity index (χ2v) is 6.27. The molecule has 0 aliphatic carbocycles. The van der Waals surface area contributed by atoms with E-state index in [-0.39, 0.29) is 17.4 Å². The average Bonchev–Trinajstić information content (AvgIpc) is 2.54. The van der Waals surface area contributed by atoms with Crippen LogP contribution in [0.25, 0.3) is 0 Å². The van der Waals surface area contributed by atoms with Crippen molar-refractivity contribution >= 4 is 28.9 Å². The molecule has 0 bridgehead atoms. The third-order valence-electron chi connectivity index (χ3n) is 3.17. The molecule has 126 valence electrons. The summed E-state index contributed by atoms with van der Waals surface area (Å²) in [5, 5.41) is 5.98. The highest BCUT2D eigenvalue weighted by atomic mass is 32.1. The fourth-order valence-corrected chi connectivity index (χ4v) is 2.28. The summed E-state index contributed by atoms with van der Waals surface area (Å²) in [6.07, 6.45) is 0.286. The minimum absolute atomic E-state index is 0.153. The minimum Gasteiger partial charge on any atom is -0.491 e. The molecule has 0 radical (unpaired) electrons. The molecule has 0 fully saturated rings. The number of amides is 1. The summed E-state index contributed by atoms with van der Waals surface area (Å²) in [6, 6.07) is 17.1. The van der Waals surface area contributed by atoms with E-state index in [1.165, 1.54) is 0 Å². The number of hydrogen-bond donors (Lipinski definition) is 2. The summed E-state index contributed by atoms with van der Waals surface area (Å²) >= 11 is 5.23. The molecule has 0 aliphatic rings. The molecule has 2 N–H and O–H groups in total. The van der Waals surface area contributed by atoms with Gasteiger partial charge in [-0.1, -0.05) is 56.3 Å². The number of hydrogen-bond acceptors (Lipinski definition) is 3. The molecule has 4 nitrogen and oxygen atoms in total. The van der Waals surface area contributed by atoms with Gasteiger partial charge in [-0.05, 0) is 35.8 Å². The minimum atomic E-state index is -0.153. The molecule has 0 heterocycles. The lowest BCUT2D eigenvalue weighted by Crippen LogP contribution is -2.35. The fraction of sp³-hybridized carbons (Fsp3) is 0.263. The zero-order chi connectivity index (χ0) is 17.4. The fourth-order valence-electron chi connectivity index (χ4n) is 2.06. The van der Waals surface area contributed by atoms with Crippen molar-refractivity contribution in [2.75, 3.05) is 11.9 Å². The van der Waals surface area contributed by atoms with E-state index in [4.69, 9.17) is 17.0 Å². The van der Waals surface area contributed by atoms with Crippen LogP contribution < -0.4 is 15.4 Å². The Labute approximate surface area is 148 Å². The molecule has 0 aromatic heterocycles. The second-order valence-electron chi connectivity index (χ2n) is 5.87. The number of rotatable bonds is 6. The van der Waals surface area contributed by atoms with Gasteiger partial charge in [0.05, 0.1) is 18.7 Å². The van der Waals surface area contributed by atoms with Crippen molar-refractivity contribution in [1.82, 2.24) is 5.32 Å². The molecule has 0 spiro atoms. The summed E-state index contributed by atoms with van der Waals surface area (Å²) in [5.41, 5.74) is 1.68. The van der Waals surface area contributed by atoms with E-state index in [1.807, 2.05) is 54.6 Å². The number of nitrogens with one attached hydrogen (secondary N) is 2. The van der Waals surface area contributed by atoms with Crippen molar-refractivity contribution in [1.29, 1.82) is 0 Å². The lowest BCUT2D eigenvalue weighted by Gasteiger charge is -2.15. The first-order chi connectivity index (χ1) is 11.5. The van der Waals surface area contributed by atoms with E-state index >= 15 is 0 Å². The van der Waals surface area contributed by atoms with Gasteiger partial charge in [0, 0.05) is 0 Å². The highest BCUT2D eigenvalue weighted by Gasteiger charge is 2.09. The van der Waals surface area contributed by atoms with Crippen LogP contribution >= 0.6 is 12.2 Å². The first kappa shape index (κ1) is 17.9. The van der Waals surface area contributed by atoms with Crippen LogP contribution in [-0.4, -0.2) is 17.6 Å². The number of para-hydroxylation sites is 2. The zero-order valence-corrected chi connectivity index (χ0v) is 14.7. The maximum Gasteiger partial charge on any atom is 0.230 e. The molecule has 2 aromatic rings. The number of carbonyl (C=O) groups excluding carboxylic acids is 1. The predicted octanol–water partition coefficient (Wildman–Crippen LogP) is 3.78. The Bertz CT molecular complexity index is 687. The lowest BCUT2D eigenvalue weighted by molar-refractivity contribution is -0.119. The van der Waals surface area contributed by atoms with Crippen LogP contribution in [0.4, 0.5) is 5.69 Å². The van der Waals surface area contributed by atoms with Gasteiger partial charge in [-0.25, -0.2) is 0 Å². The first-order valence-electron chi connectivity index (χ1n) is 7.91. The quantitative estimate of drug-likeness (QED) is 0.785. The summed E-state index contributed by atoms with van der Waals surface area (Å²) in [6.45, 7) is 4.79. The zero-order valence-electron chi connectivity index (χ0n) is 13.9. The Morgan fingerprint density at radius 1 is 1.08 bits per heavy atom. The predicted molar refractivity (Wildman–Crippen MR) is 101 cm³/mol. The van der Waals surface area contributed by atoms with Gasteiger partial charge in [0.2, 0.25) is 5.91 Å². The van der Waals surface area contributed by atoms with Crippen molar-refractivity contribution in [3.05, 3.63) is 60.2 Å². The summed E-state index contributed by atoms with van der Waals surface area (Å²) in [5.74, 6) is 0.987. The normalized spacial score (nSPS) is 10.3. The molecule has 2 rings (SSSR count). The molecule has 1 amide bonds. The highest BCUT2D eigenvalue weighted by molar-refractivity contribution is 7.80. The molecule has 0 saturated heterocycles. The Morgan fingerprint density at radius 3 is 2.46 bits per heavy atom. The highest BCUT2D eigenvalue weighted by Crippen LogP contribution is 2.24. The molecule has 0 saturated carbocycles. The SMILES string of the molecule is CC(C)COc1ccccc1NC(=S)NC(=O)Cc1ccccc1. The molecule has 0 unspecified atom stereocenters. The van der Waals surface area contributed by atoms with Gasteiger partial charge in [0.25, 0.3) is 0 Å². The monoisotopic (exact) mass is 342 g/mol. The van der Waals surface area contributed by atoms with Gasteiger partial charge in [0.1, 0.15) is 5.75 Å². The first-order valence-corrected chi connectivity index (χ1v) is 8.32. The Balaban J connectivity index is 1.91. The van der Waals surface area contributed by atoms with Crippen LogP contribution in [0.1, 0.15) is 19.4 Å². The summed E-state index contributed by atoms with van der Waals surface area (Å²) in [4.78, 5) is 12.0. The number of benzene rings is 2. The van der Waals surface area contributed by atoms with Crippen LogP contribution in [-0.2, 0) is 11.2 Å². The van der Waals surface area contributed by atoms with Crippen LogP contribution in [0.3, 0.4) is 0 Å².